The Kier molecular flexibility index (Phi) is 4.80. The fourth-order valence-electron chi connectivity index (χ4n) is 1.93. The van der Waals surface area contributed by atoms with Crippen molar-refractivity contribution in [3.8, 4) is 0 Å². The smallest absolute Gasteiger partial charge is 0.412 e. The largest absolute Gasteiger partial charge is 0.444 e. The third-order valence-corrected chi connectivity index (χ3v) is 2.98. The number of nitrogens with zero attached hydrogens (tertiary/aromatic N) is 1. The van der Waals surface area contributed by atoms with Crippen LogP contribution in [0.4, 0.5) is 10.6 Å². The van der Waals surface area contributed by atoms with Crippen LogP contribution in [0.1, 0.15) is 33.6 Å². The summed E-state index contributed by atoms with van der Waals surface area (Å²) in [5.41, 5.74) is 0.646. The molecular weight excluding hydrogens is 280 g/mol. The van der Waals surface area contributed by atoms with Crippen molar-refractivity contribution in [1.82, 2.24) is 10.3 Å². The van der Waals surface area contributed by atoms with Gasteiger partial charge in [-0.2, -0.15) is 0 Å². The predicted molar refractivity (Wildman–Crippen MR) is 85.8 cm³/mol. The van der Waals surface area contributed by atoms with E-state index in [9.17, 15) is 4.79 Å². The molecule has 0 atom stereocenters. The molecule has 2 rings (SSSR count). The Morgan fingerprint density at radius 2 is 2.14 bits per heavy atom. The topological polar surface area (TPSA) is 87.1 Å². The number of nitrogens with one attached hydrogen (secondary N) is 3. The third kappa shape index (κ3) is 4.87. The number of hydrogen-bond donors (Lipinski definition) is 3. The van der Waals surface area contributed by atoms with Gasteiger partial charge in [0, 0.05) is 24.0 Å². The number of alkyl carbamates (subject to hydrolysis) is 1. The molecule has 1 heterocycles. The van der Waals surface area contributed by atoms with E-state index in [1.165, 1.54) is 0 Å². The molecule has 6 nitrogen and oxygen atoms in total. The van der Waals surface area contributed by atoms with Gasteiger partial charge < -0.3 is 15.5 Å². The Bertz CT molecular complexity index is 572. The molecule has 22 heavy (non-hydrogen) atoms. The lowest BCUT2D eigenvalue weighted by molar-refractivity contribution is 0.0548. The second-order valence-corrected chi connectivity index (χ2v) is 6.21. The van der Waals surface area contributed by atoms with Crippen molar-refractivity contribution in [2.24, 2.45) is 5.92 Å². The SMILES string of the molecule is CC(C)(C)OC(=O)N/C(C=N)=C(/Nc1ccccn1)C1CC1. The van der Waals surface area contributed by atoms with E-state index >= 15 is 0 Å². The molecule has 0 radical (unpaired) electrons. The molecule has 1 amide bonds. The summed E-state index contributed by atoms with van der Waals surface area (Å²) in [6.45, 7) is 5.40. The van der Waals surface area contributed by atoms with Crippen molar-refractivity contribution in [2.75, 3.05) is 5.32 Å². The molecule has 0 spiro atoms. The van der Waals surface area contributed by atoms with E-state index in [0.29, 0.717) is 17.4 Å². The molecule has 1 fully saturated rings. The van der Waals surface area contributed by atoms with Crippen LogP contribution >= 0.6 is 0 Å². The van der Waals surface area contributed by atoms with E-state index in [-0.39, 0.29) is 0 Å². The van der Waals surface area contributed by atoms with E-state index in [4.69, 9.17) is 10.1 Å². The monoisotopic (exact) mass is 302 g/mol. The molecule has 1 aromatic rings. The summed E-state index contributed by atoms with van der Waals surface area (Å²) in [5.74, 6) is 1.00. The number of hydrogen-bond acceptors (Lipinski definition) is 5. The molecule has 1 saturated carbocycles. The second kappa shape index (κ2) is 6.60. The number of ether oxygens (including phenoxy) is 1. The molecule has 6 heteroatoms. The van der Waals surface area contributed by atoms with Crippen molar-refractivity contribution < 1.29 is 9.53 Å². The highest BCUT2D eigenvalue weighted by molar-refractivity contribution is 5.85. The van der Waals surface area contributed by atoms with Crippen molar-refractivity contribution in [2.45, 2.75) is 39.2 Å². The Balaban J connectivity index is 2.16. The highest BCUT2D eigenvalue weighted by atomic mass is 16.6. The molecule has 1 aromatic heterocycles. The summed E-state index contributed by atoms with van der Waals surface area (Å²) in [6, 6.07) is 5.56. The van der Waals surface area contributed by atoms with E-state index < -0.39 is 11.7 Å². The maximum atomic E-state index is 11.9. The molecule has 0 bridgehead atoms. The lowest BCUT2D eigenvalue weighted by Crippen LogP contribution is -2.33. The quantitative estimate of drug-likeness (QED) is 0.728. The van der Waals surface area contributed by atoms with Gasteiger partial charge in [0.15, 0.2) is 0 Å². The molecule has 0 unspecified atom stereocenters. The lowest BCUT2D eigenvalue weighted by atomic mass is 10.2. The van der Waals surface area contributed by atoms with Gasteiger partial charge in [-0.25, -0.2) is 9.78 Å². The van der Waals surface area contributed by atoms with E-state index in [1.807, 2.05) is 18.2 Å². The van der Waals surface area contributed by atoms with Gasteiger partial charge >= 0.3 is 6.09 Å². The van der Waals surface area contributed by atoms with Crippen LogP contribution in [0.3, 0.4) is 0 Å². The fourth-order valence-corrected chi connectivity index (χ4v) is 1.93. The van der Waals surface area contributed by atoms with Crippen LogP contribution in [-0.4, -0.2) is 22.9 Å². The second-order valence-electron chi connectivity index (χ2n) is 6.21. The van der Waals surface area contributed by atoms with Crippen LogP contribution in [0, 0.1) is 11.3 Å². The first-order chi connectivity index (χ1) is 10.4. The number of carbonyl (C=O) groups is 1. The zero-order chi connectivity index (χ0) is 16.2. The van der Waals surface area contributed by atoms with Gasteiger partial charge in [-0.15, -0.1) is 0 Å². The summed E-state index contributed by atoms with van der Waals surface area (Å²) >= 11 is 0. The normalized spacial score (nSPS) is 15.6. The first kappa shape index (κ1) is 16.0. The summed E-state index contributed by atoms with van der Waals surface area (Å²) in [6.07, 6.45) is 4.32. The molecule has 3 N–H and O–H groups in total. The highest BCUT2D eigenvalue weighted by Crippen LogP contribution is 2.37. The first-order valence-corrected chi connectivity index (χ1v) is 7.32. The minimum atomic E-state index is -0.578. The van der Waals surface area contributed by atoms with Crippen LogP contribution in [0.25, 0.3) is 0 Å². The summed E-state index contributed by atoms with van der Waals surface area (Å²) in [7, 11) is 0. The number of amides is 1. The maximum absolute atomic E-state index is 11.9. The average Bonchev–Trinajstić information content (AvgIpc) is 3.26. The summed E-state index contributed by atoms with van der Waals surface area (Å²) < 4.78 is 5.24. The van der Waals surface area contributed by atoms with Crippen LogP contribution in [0.2, 0.25) is 0 Å². The first-order valence-electron chi connectivity index (χ1n) is 7.32. The molecule has 1 aliphatic rings. The van der Waals surface area contributed by atoms with E-state index in [0.717, 1.165) is 24.8 Å². The number of anilines is 1. The minimum absolute atomic E-state index is 0.313. The number of carbonyl (C=O) groups excluding carboxylic acids is 1. The molecule has 1 aliphatic carbocycles. The number of allylic oxidation sites excluding steroid dienone is 2. The Hall–Kier alpha value is -2.37. The van der Waals surface area contributed by atoms with Crippen molar-refractivity contribution >= 4 is 18.1 Å². The molecule has 118 valence electrons. The zero-order valence-corrected chi connectivity index (χ0v) is 13.1. The van der Waals surface area contributed by atoms with Crippen molar-refractivity contribution in [1.29, 1.82) is 5.41 Å². The molecular formula is C16H22N4O2. The number of pyridine rings is 1. The van der Waals surface area contributed by atoms with Crippen LogP contribution in [-0.2, 0) is 4.74 Å². The van der Waals surface area contributed by atoms with Crippen LogP contribution in [0.15, 0.2) is 35.8 Å². The predicted octanol–water partition coefficient (Wildman–Crippen LogP) is 3.29. The molecule has 0 aliphatic heterocycles. The number of aromatic nitrogens is 1. The van der Waals surface area contributed by atoms with Gasteiger partial charge in [0.05, 0.1) is 5.70 Å². The van der Waals surface area contributed by atoms with Gasteiger partial charge in [0.25, 0.3) is 0 Å². The van der Waals surface area contributed by atoms with Gasteiger partial charge in [-0.05, 0) is 45.7 Å². The average molecular weight is 302 g/mol. The highest BCUT2D eigenvalue weighted by Gasteiger charge is 2.30. The lowest BCUT2D eigenvalue weighted by Gasteiger charge is -2.21. The Morgan fingerprint density at radius 3 is 2.64 bits per heavy atom. The van der Waals surface area contributed by atoms with Gasteiger partial charge in [-0.1, -0.05) is 6.07 Å². The van der Waals surface area contributed by atoms with Crippen LogP contribution in [0.5, 0.6) is 0 Å². The van der Waals surface area contributed by atoms with Crippen LogP contribution < -0.4 is 10.6 Å². The van der Waals surface area contributed by atoms with Gasteiger partial charge in [-0.3, -0.25) is 5.32 Å². The Morgan fingerprint density at radius 1 is 1.41 bits per heavy atom. The molecule has 0 saturated heterocycles. The third-order valence-electron chi connectivity index (χ3n) is 2.98. The van der Waals surface area contributed by atoms with Crippen molar-refractivity contribution in [3.05, 3.63) is 35.8 Å². The zero-order valence-electron chi connectivity index (χ0n) is 13.1. The molecule has 0 aromatic carbocycles. The van der Waals surface area contributed by atoms with E-state index in [2.05, 4.69) is 15.6 Å². The summed E-state index contributed by atoms with van der Waals surface area (Å²) in [4.78, 5) is 16.1. The Labute approximate surface area is 130 Å². The van der Waals surface area contributed by atoms with Crippen molar-refractivity contribution in [3.63, 3.8) is 0 Å². The number of rotatable bonds is 5. The maximum Gasteiger partial charge on any atom is 0.412 e. The fraction of sp³-hybridized carbons (Fsp3) is 0.438. The van der Waals surface area contributed by atoms with Gasteiger partial charge in [0.2, 0.25) is 0 Å². The summed E-state index contributed by atoms with van der Waals surface area (Å²) in [5, 5.41) is 13.4. The van der Waals surface area contributed by atoms with E-state index in [1.54, 1.807) is 27.0 Å². The van der Waals surface area contributed by atoms with Gasteiger partial charge in [0.1, 0.15) is 11.4 Å². The minimum Gasteiger partial charge on any atom is -0.444 e. The standard InChI is InChI=1S/C16H22N4O2/c1-16(2,3)22-15(21)19-12(10-17)14(11-7-8-11)20-13-6-4-5-9-18-13/h4-6,9-11,17H,7-8H2,1-3H3,(H,18,20)(H,19,21)/b14-12+,17-10?.